The summed E-state index contributed by atoms with van der Waals surface area (Å²) in [5.41, 5.74) is 10.6. The summed E-state index contributed by atoms with van der Waals surface area (Å²) in [7, 11) is 0. The number of hydrogen-bond acceptors (Lipinski definition) is 7. The fourth-order valence-electron chi connectivity index (χ4n) is 6.33. The maximum Gasteiger partial charge on any atom is 0.245 e. The Morgan fingerprint density at radius 1 is 1.10 bits per heavy atom. The number of rotatable bonds is 10. The van der Waals surface area contributed by atoms with Crippen molar-refractivity contribution < 1.29 is 9.59 Å². The molecule has 5 rings (SSSR count). The summed E-state index contributed by atoms with van der Waals surface area (Å²) in [6.45, 7) is 10.2. The number of aryl methyl sites for hydroxylation is 1. The number of benzene rings is 1. The third kappa shape index (κ3) is 7.23. The van der Waals surface area contributed by atoms with Gasteiger partial charge in [-0.05, 0) is 93.9 Å². The molecule has 0 unspecified atom stereocenters. The Morgan fingerprint density at radius 2 is 1.83 bits per heavy atom. The summed E-state index contributed by atoms with van der Waals surface area (Å²) in [6, 6.07) is 6.75. The van der Waals surface area contributed by atoms with Crippen LogP contribution in [0.2, 0.25) is 0 Å². The first kappa shape index (κ1) is 29.0. The molecule has 0 bridgehead atoms. The average molecular weight is 561 g/mol. The number of hydrogen-bond donors (Lipinski definition) is 3. The van der Waals surface area contributed by atoms with Crippen LogP contribution in [0.5, 0.6) is 0 Å². The minimum atomic E-state index is -0.746. The Bertz CT molecular complexity index is 1300. The molecule has 41 heavy (non-hydrogen) atoms. The van der Waals surface area contributed by atoms with Crippen molar-refractivity contribution in [1.82, 2.24) is 30.3 Å². The van der Waals surface area contributed by atoms with Gasteiger partial charge in [0.15, 0.2) is 0 Å². The van der Waals surface area contributed by atoms with Crippen molar-refractivity contribution in [2.75, 3.05) is 50.7 Å². The van der Waals surface area contributed by atoms with Crippen LogP contribution in [0.4, 0.5) is 5.69 Å². The summed E-state index contributed by atoms with van der Waals surface area (Å²) < 4.78 is 0. The van der Waals surface area contributed by atoms with Crippen molar-refractivity contribution >= 4 is 28.4 Å². The highest BCUT2D eigenvalue weighted by molar-refractivity contribution is 5.90. The van der Waals surface area contributed by atoms with Gasteiger partial charge in [-0.3, -0.25) is 19.7 Å². The van der Waals surface area contributed by atoms with Crippen molar-refractivity contribution in [3.8, 4) is 0 Å². The van der Waals surface area contributed by atoms with E-state index in [2.05, 4.69) is 37.2 Å². The van der Waals surface area contributed by atoms with Crippen LogP contribution in [0.25, 0.3) is 10.9 Å². The molecule has 0 radical (unpaired) electrons. The van der Waals surface area contributed by atoms with Crippen molar-refractivity contribution in [2.24, 2.45) is 11.7 Å². The van der Waals surface area contributed by atoms with Crippen molar-refractivity contribution in [3.05, 3.63) is 54.0 Å². The van der Waals surface area contributed by atoms with Gasteiger partial charge in [0.25, 0.3) is 0 Å². The number of aromatic amines is 1. The second-order valence-electron chi connectivity index (χ2n) is 11.7. The van der Waals surface area contributed by atoms with Gasteiger partial charge in [0, 0.05) is 49.6 Å². The molecule has 2 fully saturated rings. The van der Waals surface area contributed by atoms with E-state index in [0.29, 0.717) is 31.8 Å². The molecule has 0 spiro atoms. The minimum absolute atomic E-state index is 0.00609. The zero-order valence-electron chi connectivity index (χ0n) is 24.4. The van der Waals surface area contributed by atoms with Crippen LogP contribution in [0.1, 0.15) is 43.7 Å². The van der Waals surface area contributed by atoms with Gasteiger partial charge < -0.3 is 25.8 Å². The molecule has 2 aliphatic heterocycles. The molecule has 10 nitrogen and oxygen atoms in total. The number of likely N-dealkylation sites (tertiary alicyclic amines) is 1. The molecule has 2 saturated heterocycles. The Kier molecular flexibility index (Phi) is 9.51. The number of carbonyl (C=O) groups is 2. The zero-order valence-corrected chi connectivity index (χ0v) is 24.4. The van der Waals surface area contributed by atoms with Crippen molar-refractivity contribution in [2.45, 2.75) is 58.0 Å². The van der Waals surface area contributed by atoms with E-state index in [-0.39, 0.29) is 11.8 Å². The third-order valence-electron chi connectivity index (χ3n) is 8.65. The highest BCUT2D eigenvalue weighted by Crippen LogP contribution is 2.24. The highest BCUT2D eigenvalue weighted by Gasteiger charge is 2.33. The smallest absolute Gasteiger partial charge is 0.245 e. The monoisotopic (exact) mass is 560 g/mol. The molecule has 3 aromatic rings. The Hall–Kier alpha value is -3.50. The Labute approximate surface area is 242 Å². The maximum absolute atomic E-state index is 13.9. The van der Waals surface area contributed by atoms with Crippen LogP contribution in [0.15, 0.2) is 42.9 Å². The van der Waals surface area contributed by atoms with Gasteiger partial charge in [-0.15, -0.1) is 0 Å². The molecule has 1 aromatic carbocycles. The third-order valence-corrected chi connectivity index (χ3v) is 8.65. The molecule has 10 heteroatoms. The molecule has 0 saturated carbocycles. The summed E-state index contributed by atoms with van der Waals surface area (Å²) in [6.07, 6.45) is 9.67. The number of piperidine rings is 1. The van der Waals surface area contributed by atoms with E-state index < -0.39 is 12.1 Å². The lowest BCUT2D eigenvalue weighted by Crippen LogP contribution is -2.57. The molecule has 4 N–H and O–H groups in total. The number of fused-ring (bicyclic) bond motifs is 1. The predicted octanol–water partition coefficient (Wildman–Crippen LogP) is 2.48. The number of carbonyl (C=O) groups excluding carboxylic acids is 2. The quantitative estimate of drug-likeness (QED) is 0.348. The van der Waals surface area contributed by atoms with Gasteiger partial charge in [0.05, 0.1) is 17.8 Å². The Morgan fingerprint density at radius 3 is 2.54 bits per heavy atom. The molecule has 0 aliphatic carbocycles. The van der Waals surface area contributed by atoms with Gasteiger partial charge in [0.2, 0.25) is 11.8 Å². The fourth-order valence-corrected chi connectivity index (χ4v) is 6.33. The van der Waals surface area contributed by atoms with E-state index in [9.17, 15) is 9.59 Å². The van der Waals surface area contributed by atoms with E-state index in [0.717, 1.165) is 79.7 Å². The number of piperazine rings is 1. The molecular formula is C31H44N8O2. The number of pyridine rings is 1. The van der Waals surface area contributed by atoms with Crippen LogP contribution in [0, 0.1) is 12.8 Å². The Balaban J connectivity index is 1.24. The molecule has 2 atom stereocenters. The number of nitrogens with two attached hydrogens (primary N) is 1. The summed E-state index contributed by atoms with van der Waals surface area (Å²) in [5, 5.41) is 11.2. The van der Waals surface area contributed by atoms with Crippen LogP contribution < -0.4 is 16.0 Å². The normalized spacial score (nSPS) is 18.4. The van der Waals surface area contributed by atoms with Gasteiger partial charge in [-0.2, -0.15) is 5.10 Å². The first-order valence-corrected chi connectivity index (χ1v) is 15.1. The van der Waals surface area contributed by atoms with E-state index in [1.54, 1.807) is 18.6 Å². The second kappa shape index (κ2) is 13.4. The molecule has 2 aromatic heterocycles. The van der Waals surface area contributed by atoms with Gasteiger partial charge in [-0.25, -0.2) is 0 Å². The zero-order chi connectivity index (χ0) is 28.8. The fraction of sp³-hybridized carbons (Fsp3) is 0.548. The largest absolute Gasteiger partial charge is 0.368 e. The highest BCUT2D eigenvalue weighted by atomic mass is 16.2. The number of amides is 2. The van der Waals surface area contributed by atoms with E-state index in [1.807, 2.05) is 36.1 Å². The number of nitrogens with one attached hydrogen (secondary N) is 2. The van der Waals surface area contributed by atoms with E-state index in [1.165, 1.54) is 0 Å². The van der Waals surface area contributed by atoms with Gasteiger partial charge >= 0.3 is 0 Å². The number of H-pyrrole nitrogens is 1. The lowest BCUT2D eigenvalue weighted by atomic mass is 9.89. The number of aromatic nitrogens is 3. The van der Waals surface area contributed by atoms with Crippen LogP contribution in [0.3, 0.4) is 0 Å². The molecule has 220 valence electrons. The lowest BCUT2D eigenvalue weighted by molar-refractivity contribution is -0.137. The first-order chi connectivity index (χ1) is 19.9. The predicted molar refractivity (Wildman–Crippen MR) is 162 cm³/mol. The standard InChI is InChI=1S/C31H44N8O2/c1-3-10-37-11-6-23(7-12-37)20-28(31(41)39-15-13-38(14-16-39)26-4-8-33-9-5-26)35-30(40)27(32)19-24-17-22(2)29-25(18-24)21-34-36-29/h4-5,8-9,17-18,21,23,27-28H,3,6-7,10-16,19-20,32H2,1-2H3,(H,34,36)(H,35,40)/t27-,28+/m1/s1. The van der Waals surface area contributed by atoms with E-state index >= 15 is 0 Å². The van der Waals surface area contributed by atoms with Crippen LogP contribution in [-0.4, -0.2) is 94.7 Å². The summed E-state index contributed by atoms with van der Waals surface area (Å²) in [4.78, 5) is 38.1. The first-order valence-electron chi connectivity index (χ1n) is 15.1. The minimum Gasteiger partial charge on any atom is -0.368 e. The number of nitrogens with zero attached hydrogens (tertiary/aromatic N) is 5. The topological polar surface area (TPSA) is 123 Å². The average Bonchev–Trinajstić information content (AvgIpc) is 3.47. The summed E-state index contributed by atoms with van der Waals surface area (Å²) >= 11 is 0. The van der Waals surface area contributed by atoms with Crippen molar-refractivity contribution in [3.63, 3.8) is 0 Å². The van der Waals surface area contributed by atoms with Gasteiger partial charge in [-0.1, -0.05) is 13.0 Å². The SMILES string of the molecule is CCCN1CCC(C[C@H](NC(=O)[C@H](N)Cc2cc(C)c3[nH]ncc3c2)C(=O)N2CCN(c3ccncc3)CC2)CC1. The number of anilines is 1. The van der Waals surface area contributed by atoms with Crippen molar-refractivity contribution in [1.29, 1.82) is 0 Å². The van der Waals surface area contributed by atoms with Crippen LogP contribution in [-0.2, 0) is 16.0 Å². The van der Waals surface area contributed by atoms with Gasteiger partial charge in [0.1, 0.15) is 6.04 Å². The molecule has 4 heterocycles. The van der Waals surface area contributed by atoms with E-state index in [4.69, 9.17) is 5.73 Å². The lowest BCUT2D eigenvalue weighted by Gasteiger charge is -2.39. The molecule has 2 amide bonds. The molecule has 2 aliphatic rings. The maximum atomic E-state index is 13.9. The second-order valence-corrected chi connectivity index (χ2v) is 11.7. The summed E-state index contributed by atoms with van der Waals surface area (Å²) in [5.74, 6) is 0.136. The molecular weight excluding hydrogens is 516 g/mol. The van der Waals surface area contributed by atoms with Crippen LogP contribution >= 0.6 is 0 Å².